The molecule has 2 aromatic carbocycles. The van der Waals surface area contributed by atoms with Crippen molar-refractivity contribution < 1.29 is 18.3 Å². The highest BCUT2D eigenvalue weighted by Crippen LogP contribution is 2.52. The van der Waals surface area contributed by atoms with Crippen LogP contribution < -0.4 is 20.9 Å². The van der Waals surface area contributed by atoms with Crippen LogP contribution >= 0.6 is 0 Å². The molecule has 4 aromatic heterocycles. The first kappa shape index (κ1) is 46.7. The van der Waals surface area contributed by atoms with Crippen LogP contribution in [0.2, 0.25) is 0 Å². The number of hydrogen-bond donors (Lipinski definition) is 4. The van der Waals surface area contributed by atoms with Gasteiger partial charge in [0.1, 0.15) is 46.3 Å². The maximum atomic E-state index is 16.9. The highest BCUT2D eigenvalue weighted by atomic mass is 19.1. The fourth-order valence-electron chi connectivity index (χ4n) is 11.3. The number of nitrogens with one attached hydrogen (secondary N) is 3. The van der Waals surface area contributed by atoms with Crippen LogP contribution in [0.4, 0.5) is 53.8 Å². The predicted molar refractivity (Wildman–Crippen MR) is 272 cm³/mol. The Labute approximate surface area is 411 Å². The first-order valence-corrected chi connectivity index (χ1v) is 24.9. The van der Waals surface area contributed by atoms with E-state index in [9.17, 15) is 5.11 Å². The minimum atomic E-state index is -1.26. The van der Waals surface area contributed by atoms with Crippen LogP contribution in [0.5, 0.6) is 0 Å². The zero-order valence-corrected chi connectivity index (χ0v) is 40.5. The van der Waals surface area contributed by atoms with Crippen molar-refractivity contribution in [2.45, 2.75) is 95.5 Å². The average Bonchev–Trinajstić information content (AvgIpc) is 4.07. The summed E-state index contributed by atoms with van der Waals surface area (Å²) in [6, 6.07) is 16.6. The zero-order valence-electron chi connectivity index (χ0n) is 40.5. The molecule has 3 fully saturated rings. The van der Waals surface area contributed by atoms with Crippen molar-refractivity contribution in [2.24, 2.45) is 9.98 Å². The van der Waals surface area contributed by atoms with Crippen LogP contribution in [0.3, 0.4) is 0 Å². The Morgan fingerprint density at radius 1 is 0.746 bits per heavy atom. The summed E-state index contributed by atoms with van der Waals surface area (Å²) >= 11 is 0. The fourth-order valence-corrected chi connectivity index (χ4v) is 11.3. The summed E-state index contributed by atoms with van der Waals surface area (Å²) in [5, 5.41) is 21.5. The molecule has 2 saturated heterocycles. The average molecular weight is 962 g/mol. The highest BCUT2D eigenvalue weighted by molar-refractivity contribution is 6.01. The number of piperazine rings is 1. The van der Waals surface area contributed by atoms with E-state index in [1.54, 1.807) is 12.3 Å². The first-order chi connectivity index (χ1) is 34.4. The van der Waals surface area contributed by atoms with Gasteiger partial charge < -0.3 is 26.0 Å². The maximum absolute atomic E-state index is 16.9. The quantitative estimate of drug-likeness (QED) is 0.0919. The second-order valence-electron chi connectivity index (χ2n) is 19.9. The molecule has 0 radical (unpaired) electrons. The van der Waals surface area contributed by atoms with Gasteiger partial charge in [-0.1, -0.05) is 38.8 Å². The molecule has 1 saturated carbocycles. The molecule has 4 aliphatic heterocycles. The van der Waals surface area contributed by atoms with Crippen LogP contribution in [0.25, 0.3) is 22.5 Å². The van der Waals surface area contributed by atoms with E-state index in [-0.39, 0.29) is 46.4 Å². The molecule has 17 heteroatoms. The summed E-state index contributed by atoms with van der Waals surface area (Å²) in [6.07, 6.45) is 10.2. The molecule has 366 valence electrons. The number of piperidine rings is 1. The van der Waals surface area contributed by atoms with Crippen LogP contribution in [-0.2, 0) is 10.8 Å². The summed E-state index contributed by atoms with van der Waals surface area (Å²) in [5.41, 5.74) is 7.33. The summed E-state index contributed by atoms with van der Waals surface area (Å²) in [4.78, 5) is 40.9. The molecule has 0 amide bonds. The molecule has 71 heavy (non-hydrogen) atoms. The van der Waals surface area contributed by atoms with Gasteiger partial charge in [-0.25, -0.2) is 43.1 Å². The van der Waals surface area contributed by atoms with Crippen molar-refractivity contribution >= 4 is 52.0 Å². The lowest BCUT2D eigenvalue weighted by atomic mass is 9.76. The Kier molecular flexibility index (Phi) is 12.4. The van der Waals surface area contributed by atoms with E-state index < -0.39 is 23.6 Å². The van der Waals surface area contributed by atoms with Gasteiger partial charge in [0.25, 0.3) is 0 Å². The number of aliphatic hydroxyl groups excluding tert-OH is 1. The Morgan fingerprint density at radius 2 is 1.46 bits per heavy atom. The van der Waals surface area contributed by atoms with Gasteiger partial charge in [-0.3, -0.25) is 14.9 Å². The van der Waals surface area contributed by atoms with E-state index in [0.29, 0.717) is 60.5 Å². The van der Waals surface area contributed by atoms with E-state index in [1.165, 1.54) is 11.6 Å². The van der Waals surface area contributed by atoms with Crippen LogP contribution in [0.15, 0.2) is 83.2 Å². The summed E-state index contributed by atoms with van der Waals surface area (Å²) in [7, 11) is 0. The third kappa shape index (κ3) is 8.71. The molecule has 6 aromatic rings. The topological polar surface area (TPSA) is 165 Å². The number of nitrogens with zero attached hydrogens (tertiary/aromatic N) is 10. The van der Waals surface area contributed by atoms with E-state index in [0.717, 1.165) is 98.2 Å². The minimum Gasteiger partial charge on any atom is -0.385 e. The standard InChI is InChI=1S/C54H58F3N13O/c1-5-53(4)31(2)62-42-11-8-34(24-38(42)53)48-46(57)50(68-52(67-48)65-44-12-9-35(27-59-44)33-14-18-58-19-15-33)43(71)30-69-20-22-70(23-21-69)37-10-13-45(60-28-37)64-51-61-29-41(56)47(66-51)36-25-39-49(40(55)26-36)63-32(3)54(39)16-6-7-17-54/h8-13,24-29,33,43,58,71H,5-7,14-23,30H2,1-4H3,(H,59,65,67,68)(H,60,61,64,66). The van der Waals surface area contributed by atoms with Crippen molar-refractivity contribution in [2.75, 3.05) is 61.3 Å². The second-order valence-corrected chi connectivity index (χ2v) is 19.9. The van der Waals surface area contributed by atoms with Crippen molar-refractivity contribution in [1.29, 1.82) is 0 Å². The van der Waals surface area contributed by atoms with Gasteiger partial charge in [-0.2, -0.15) is 0 Å². The van der Waals surface area contributed by atoms with Crippen molar-refractivity contribution in [1.82, 2.24) is 40.1 Å². The number of aromatic nitrogens is 6. The molecule has 1 aliphatic carbocycles. The Bertz CT molecular complexity index is 3050. The molecule has 2 unspecified atom stereocenters. The van der Waals surface area contributed by atoms with E-state index in [2.05, 4.69) is 75.6 Å². The molecule has 2 atom stereocenters. The Hall–Kier alpha value is -6.69. The second kappa shape index (κ2) is 18.8. The van der Waals surface area contributed by atoms with Gasteiger partial charge in [0, 0.05) is 72.3 Å². The number of anilines is 5. The van der Waals surface area contributed by atoms with Crippen molar-refractivity contribution in [3.8, 4) is 22.5 Å². The van der Waals surface area contributed by atoms with E-state index >= 15 is 13.2 Å². The van der Waals surface area contributed by atoms with Crippen molar-refractivity contribution in [3.63, 3.8) is 0 Å². The largest absolute Gasteiger partial charge is 0.385 e. The van der Waals surface area contributed by atoms with Crippen molar-refractivity contribution in [3.05, 3.63) is 113 Å². The normalized spacial score (nSPS) is 20.2. The maximum Gasteiger partial charge on any atom is 0.229 e. The summed E-state index contributed by atoms with van der Waals surface area (Å²) in [5.74, 6) is -0.131. The molecule has 14 nitrogen and oxygen atoms in total. The smallest absolute Gasteiger partial charge is 0.229 e. The van der Waals surface area contributed by atoms with Gasteiger partial charge in [0.2, 0.25) is 11.9 Å². The van der Waals surface area contributed by atoms with Crippen LogP contribution in [-0.4, -0.2) is 97.1 Å². The summed E-state index contributed by atoms with van der Waals surface area (Å²) < 4.78 is 47.7. The minimum absolute atomic E-state index is 0.00323. The molecule has 1 spiro atoms. The van der Waals surface area contributed by atoms with E-state index in [1.807, 2.05) is 56.4 Å². The summed E-state index contributed by atoms with van der Waals surface area (Å²) in [6.45, 7) is 12.8. The number of rotatable bonds is 12. The molecule has 11 rings (SSSR count). The van der Waals surface area contributed by atoms with Gasteiger partial charge in [0.15, 0.2) is 11.6 Å². The zero-order chi connectivity index (χ0) is 49.0. The predicted octanol–water partition coefficient (Wildman–Crippen LogP) is 10.3. The van der Waals surface area contributed by atoms with Gasteiger partial charge in [-0.15, -0.1) is 0 Å². The molecule has 5 aliphatic rings. The highest BCUT2D eigenvalue weighted by Gasteiger charge is 2.45. The number of halogens is 3. The molecular formula is C54H58F3N13O. The molecule has 8 heterocycles. The number of aliphatic imine (C=N–C) groups is 2. The van der Waals surface area contributed by atoms with Crippen LogP contribution in [0, 0.1) is 17.5 Å². The lowest BCUT2D eigenvalue weighted by Gasteiger charge is -2.36. The van der Waals surface area contributed by atoms with Gasteiger partial charge >= 0.3 is 0 Å². The first-order valence-electron chi connectivity index (χ1n) is 24.9. The molecule has 4 N–H and O–H groups in total. The number of aliphatic hydroxyl groups is 1. The Morgan fingerprint density at radius 3 is 2.18 bits per heavy atom. The Balaban J connectivity index is 0.770. The molecule has 0 bridgehead atoms. The number of hydrogen-bond acceptors (Lipinski definition) is 14. The lowest BCUT2D eigenvalue weighted by molar-refractivity contribution is 0.103. The number of benzene rings is 2. The fraction of sp³-hybridized carbons (Fsp3) is 0.407. The van der Waals surface area contributed by atoms with Gasteiger partial charge in [0.05, 0.1) is 23.8 Å². The van der Waals surface area contributed by atoms with Crippen LogP contribution in [0.1, 0.15) is 107 Å². The number of fused-ring (bicyclic) bond motifs is 3. The van der Waals surface area contributed by atoms with Gasteiger partial charge in [-0.05, 0) is 124 Å². The SMILES string of the molecule is CCC1(C)C(C)=Nc2ccc(-c3nc(Nc4ccc(C5CCNCC5)cn4)nc(C(O)CN4CCN(c5ccc(Nc6ncc(F)c(-c7cc(F)c8c(c7)C7(CCCC7)C(C)=N8)n6)nc5)CC4)c3F)cc21. The third-order valence-electron chi connectivity index (χ3n) is 15.9. The monoisotopic (exact) mass is 961 g/mol. The van der Waals surface area contributed by atoms with E-state index in [4.69, 9.17) is 9.98 Å². The number of β-amino-alcohol motifs (C(OH)–C–C–N with tert-alkyl or cyclic N) is 1. The lowest BCUT2D eigenvalue weighted by Crippen LogP contribution is -2.47. The third-order valence-corrected chi connectivity index (χ3v) is 15.9. The molecular weight excluding hydrogens is 904 g/mol. The number of pyridine rings is 2.